The molecule has 0 unspecified atom stereocenters. The molecule has 9 heavy (non-hydrogen) atoms. The number of rotatable bonds is 1. The van der Waals surface area contributed by atoms with Crippen LogP contribution in [0.3, 0.4) is 0 Å². The molecular weight excluding hydrogens is 124 g/mol. The number of hydrogen-bond acceptors (Lipinski definition) is 2. The summed E-state index contributed by atoms with van der Waals surface area (Å²) in [6, 6.07) is 0. The number of hydrogen-bond donors (Lipinski definition) is 3. The van der Waals surface area contributed by atoms with Crippen molar-refractivity contribution in [1.82, 2.24) is 0 Å². The van der Waals surface area contributed by atoms with Gasteiger partial charge in [-0.25, -0.2) is 4.79 Å². The third-order valence-electron chi connectivity index (χ3n) is 0.365. The van der Waals surface area contributed by atoms with Crippen LogP contribution in [-0.2, 0) is 0 Å². The Balaban J connectivity index is 0. The lowest BCUT2D eigenvalue weighted by Gasteiger charge is -1.90. The van der Waals surface area contributed by atoms with Crippen molar-refractivity contribution in [3.05, 3.63) is 0 Å². The van der Waals surface area contributed by atoms with Crippen LogP contribution in [0.5, 0.6) is 0 Å². The highest BCUT2D eigenvalue weighted by molar-refractivity contribution is 5.53. The summed E-state index contributed by atoms with van der Waals surface area (Å²) in [5.41, 5.74) is 0. The van der Waals surface area contributed by atoms with Gasteiger partial charge >= 0.3 is 6.16 Å². The Morgan fingerprint density at radius 2 is 1.56 bits per heavy atom. The summed E-state index contributed by atoms with van der Waals surface area (Å²) in [6.45, 7) is 4.25. The molecule has 0 heterocycles. The average molecular weight is 136 g/mol. The molecule has 0 aliphatic rings. The molecule has 0 rings (SSSR count). The van der Waals surface area contributed by atoms with Gasteiger partial charge < -0.3 is 15.3 Å². The zero-order valence-corrected chi connectivity index (χ0v) is 5.53. The highest BCUT2D eigenvalue weighted by atomic mass is 16.6. The summed E-state index contributed by atoms with van der Waals surface area (Å²) >= 11 is 0. The van der Waals surface area contributed by atoms with E-state index in [0.717, 1.165) is 0 Å². The molecule has 0 aromatic carbocycles. The molecule has 56 valence electrons. The van der Waals surface area contributed by atoms with Crippen molar-refractivity contribution in [3.8, 4) is 0 Å². The Kier molecular flexibility index (Phi) is 8.90. The summed E-state index contributed by atoms with van der Waals surface area (Å²) in [5, 5.41) is 22.1. The molecular formula is C5H12O4. The van der Waals surface area contributed by atoms with Crippen LogP contribution in [0.4, 0.5) is 4.79 Å². The Labute approximate surface area is 53.7 Å². The Morgan fingerprint density at radius 1 is 1.44 bits per heavy atom. The van der Waals surface area contributed by atoms with Crippen molar-refractivity contribution >= 4 is 6.16 Å². The Hall–Kier alpha value is -0.770. The second-order valence-corrected chi connectivity index (χ2v) is 1.86. The molecule has 0 fully saturated rings. The summed E-state index contributed by atoms with van der Waals surface area (Å²) in [6.07, 6.45) is -1.83. The third kappa shape index (κ3) is 131. The predicted octanol–water partition coefficient (Wildman–Crippen LogP) is 0.857. The molecule has 0 aromatic rings. The topological polar surface area (TPSA) is 77.8 Å². The molecule has 3 N–H and O–H groups in total. The van der Waals surface area contributed by atoms with Crippen LogP contribution in [0, 0.1) is 5.92 Å². The zero-order valence-electron chi connectivity index (χ0n) is 5.53. The zero-order chi connectivity index (χ0) is 7.86. The normalized spacial score (nSPS) is 8.00. The van der Waals surface area contributed by atoms with Gasteiger partial charge in [-0.3, -0.25) is 0 Å². The molecule has 0 saturated heterocycles. The van der Waals surface area contributed by atoms with Gasteiger partial charge in [-0.2, -0.15) is 0 Å². The molecule has 0 aliphatic carbocycles. The molecule has 0 bridgehead atoms. The largest absolute Gasteiger partial charge is 0.503 e. The van der Waals surface area contributed by atoms with Gasteiger partial charge in [0, 0.05) is 6.61 Å². The van der Waals surface area contributed by atoms with Gasteiger partial charge in [0.05, 0.1) is 0 Å². The predicted molar refractivity (Wildman–Crippen MR) is 32.6 cm³/mol. The maximum Gasteiger partial charge on any atom is 0.503 e. The van der Waals surface area contributed by atoms with Crippen molar-refractivity contribution in [1.29, 1.82) is 0 Å². The molecule has 0 aliphatic heterocycles. The maximum atomic E-state index is 8.56. The van der Waals surface area contributed by atoms with Crippen molar-refractivity contribution < 1.29 is 20.1 Å². The second-order valence-electron chi connectivity index (χ2n) is 1.86. The van der Waals surface area contributed by atoms with Crippen LogP contribution in [0.2, 0.25) is 0 Å². The highest BCUT2D eigenvalue weighted by Crippen LogP contribution is 1.83. The number of carboxylic acid groups (broad SMARTS) is 2. The first kappa shape index (κ1) is 11.1. The van der Waals surface area contributed by atoms with Crippen LogP contribution >= 0.6 is 0 Å². The van der Waals surface area contributed by atoms with Crippen LogP contribution in [0.15, 0.2) is 0 Å². The van der Waals surface area contributed by atoms with E-state index in [0.29, 0.717) is 12.5 Å². The van der Waals surface area contributed by atoms with Crippen LogP contribution in [0.1, 0.15) is 13.8 Å². The number of carbonyl (C=O) groups is 1. The van der Waals surface area contributed by atoms with E-state index in [1.807, 2.05) is 13.8 Å². The lowest BCUT2D eigenvalue weighted by molar-refractivity contribution is 0.137. The van der Waals surface area contributed by atoms with Crippen molar-refractivity contribution in [2.24, 2.45) is 5.92 Å². The Bertz CT molecular complexity index is 65.4. The first-order valence-corrected chi connectivity index (χ1v) is 2.53. The summed E-state index contributed by atoms with van der Waals surface area (Å²) in [4.78, 5) is 8.56. The quantitative estimate of drug-likeness (QED) is 0.499. The second kappa shape index (κ2) is 7.23. The summed E-state index contributed by atoms with van der Waals surface area (Å²) in [5.74, 6) is 0.440. The fraction of sp³-hybridized carbons (Fsp3) is 0.800. The van der Waals surface area contributed by atoms with E-state index < -0.39 is 6.16 Å². The number of aliphatic hydroxyl groups excluding tert-OH is 1. The van der Waals surface area contributed by atoms with E-state index in [9.17, 15) is 0 Å². The van der Waals surface area contributed by atoms with E-state index in [2.05, 4.69) is 0 Å². The van der Waals surface area contributed by atoms with Crippen molar-refractivity contribution in [3.63, 3.8) is 0 Å². The van der Waals surface area contributed by atoms with E-state index in [-0.39, 0.29) is 0 Å². The Morgan fingerprint density at radius 3 is 1.56 bits per heavy atom. The van der Waals surface area contributed by atoms with E-state index in [1.54, 1.807) is 0 Å². The smallest absolute Gasteiger partial charge is 0.450 e. The third-order valence-corrected chi connectivity index (χ3v) is 0.365. The van der Waals surface area contributed by atoms with Gasteiger partial charge in [0.15, 0.2) is 0 Å². The minimum atomic E-state index is -1.83. The molecule has 4 heteroatoms. The van der Waals surface area contributed by atoms with Crippen molar-refractivity contribution in [2.45, 2.75) is 13.8 Å². The van der Waals surface area contributed by atoms with Gasteiger partial charge in [0.1, 0.15) is 0 Å². The minimum Gasteiger partial charge on any atom is -0.450 e. The SMILES string of the molecule is CC(C)CO.O=C(O)O. The van der Waals surface area contributed by atoms with Crippen molar-refractivity contribution in [2.75, 3.05) is 6.61 Å². The fourth-order valence-electron chi connectivity index (χ4n) is 0. The van der Waals surface area contributed by atoms with Crippen LogP contribution in [-0.4, -0.2) is 28.1 Å². The average Bonchev–Trinajstić information content (AvgIpc) is 1.65. The highest BCUT2D eigenvalue weighted by Gasteiger charge is 1.81. The van der Waals surface area contributed by atoms with Crippen LogP contribution < -0.4 is 0 Å². The molecule has 0 spiro atoms. The first-order chi connectivity index (χ1) is 4.00. The molecule has 0 atom stereocenters. The first-order valence-electron chi connectivity index (χ1n) is 2.53. The lowest BCUT2D eigenvalue weighted by atomic mass is 10.2. The summed E-state index contributed by atoms with van der Waals surface area (Å²) < 4.78 is 0. The van der Waals surface area contributed by atoms with Gasteiger partial charge in [-0.05, 0) is 5.92 Å². The lowest BCUT2D eigenvalue weighted by Crippen LogP contribution is -1.90. The van der Waals surface area contributed by atoms with Gasteiger partial charge in [0.25, 0.3) is 0 Å². The standard InChI is InChI=1S/C4H10O.CH2O3/c1-4(2)3-5;2-1(3)4/h4-5H,3H2,1-2H3;(H2,2,3,4). The molecule has 0 saturated carbocycles. The molecule has 4 nitrogen and oxygen atoms in total. The van der Waals surface area contributed by atoms with E-state index >= 15 is 0 Å². The monoisotopic (exact) mass is 136 g/mol. The summed E-state index contributed by atoms with van der Waals surface area (Å²) in [7, 11) is 0. The van der Waals surface area contributed by atoms with E-state index in [4.69, 9.17) is 20.1 Å². The minimum absolute atomic E-state index is 0.306. The molecule has 0 radical (unpaired) electrons. The van der Waals surface area contributed by atoms with Gasteiger partial charge in [-0.15, -0.1) is 0 Å². The van der Waals surface area contributed by atoms with E-state index in [1.165, 1.54) is 0 Å². The number of aliphatic hydroxyl groups is 1. The molecule has 0 amide bonds. The molecule has 0 aromatic heterocycles. The van der Waals surface area contributed by atoms with Gasteiger partial charge in [0.2, 0.25) is 0 Å². The fourth-order valence-corrected chi connectivity index (χ4v) is 0. The van der Waals surface area contributed by atoms with Gasteiger partial charge in [-0.1, -0.05) is 13.8 Å². The van der Waals surface area contributed by atoms with Crippen LogP contribution in [0.25, 0.3) is 0 Å². The maximum absolute atomic E-state index is 8.56.